The van der Waals surface area contributed by atoms with Gasteiger partial charge in [0.05, 0.1) is 24.3 Å². The lowest BCUT2D eigenvalue weighted by molar-refractivity contribution is 0.373. The van der Waals surface area contributed by atoms with Gasteiger partial charge in [0.2, 0.25) is 0 Å². The zero-order chi connectivity index (χ0) is 19.7. The summed E-state index contributed by atoms with van der Waals surface area (Å²) in [7, 11) is 0. The number of rotatable bonds is 4. The normalized spacial score (nSPS) is 16.1. The van der Waals surface area contributed by atoms with Gasteiger partial charge in [0.15, 0.2) is 0 Å². The lowest BCUT2D eigenvalue weighted by atomic mass is 10.0. The molecule has 3 N–H and O–H groups in total. The largest absolute Gasteiger partial charge is 0.507 e. The second-order valence-corrected chi connectivity index (χ2v) is 8.30. The zero-order valence-corrected chi connectivity index (χ0v) is 18.9. The highest BCUT2D eigenvalue weighted by molar-refractivity contribution is 5.85. The molecule has 162 valence electrons. The number of aromatic amines is 1. The summed E-state index contributed by atoms with van der Waals surface area (Å²) in [5.41, 5.74) is 3.25. The molecule has 1 atom stereocenters. The molecule has 0 saturated carbocycles. The first-order valence-corrected chi connectivity index (χ1v) is 9.56. The minimum absolute atomic E-state index is 0. The van der Waals surface area contributed by atoms with Crippen molar-refractivity contribution in [2.24, 2.45) is 0 Å². The van der Waals surface area contributed by atoms with Gasteiger partial charge in [0.1, 0.15) is 11.6 Å². The minimum atomic E-state index is 0. The average Bonchev–Trinajstić information content (AvgIpc) is 3.32. The molecule has 3 aromatic rings. The fraction of sp³-hybridized carbons (Fsp3) is 0.381. The third-order valence-corrected chi connectivity index (χ3v) is 4.89. The number of aromatic hydroxyl groups is 1. The summed E-state index contributed by atoms with van der Waals surface area (Å²) in [5, 5.41) is 20.8. The molecule has 30 heavy (non-hydrogen) atoms. The number of halogens is 2. The van der Waals surface area contributed by atoms with Crippen LogP contribution in [0.2, 0.25) is 0 Å². The Morgan fingerprint density at radius 2 is 1.90 bits per heavy atom. The van der Waals surface area contributed by atoms with Crippen molar-refractivity contribution in [2.45, 2.75) is 38.8 Å². The predicted octanol–water partition coefficient (Wildman–Crippen LogP) is 4.05. The highest BCUT2D eigenvalue weighted by Gasteiger charge is 2.26. The van der Waals surface area contributed by atoms with Gasteiger partial charge in [-0.3, -0.25) is 10.1 Å². The summed E-state index contributed by atoms with van der Waals surface area (Å²) in [4.78, 5) is 11.4. The highest BCUT2D eigenvalue weighted by atomic mass is 35.5. The summed E-state index contributed by atoms with van der Waals surface area (Å²) >= 11 is 0. The Morgan fingerprint density at radius 3 is 2.50 bits per heavy atom. The van der Waals surface area contributed by atoms with Crippen LogP contribution in [0, 0.1) is 0 Å². The van der Waals surface area contributed by atoms with E-state index >= 15 is 0 Å². The van der Waals surface area contributed by atoms with Crippen molar-refractivity contribution in [3.05, 3.63) is 43.0 Å². The van der Waals surface area contributed by atoms with Gasteiger partial charge < -0.3 is 15.3 Å². The first kappa shape index (κ1) is 23.9. The molecule has 1 unspecified atom stereocenters. The van der Waals surface area contributed by atoms with E-state index in [9.17, 15) is 5.11 Å². The molecule has 3 heterocycles. The Morgan fingerprint density at radius 1 is 1.10 bits per heavy atom. The van der Waals surface area contributed by atoms with Crippen molar-refractivity contribution >= 4 is 30.6 Å². The minimum Gasteiger partial charge on any atom is -0.507 e. The molecule has 4 rings (SSSR count). The first-order valence-electron chi connectivity index (χ1n) is 9.56. The van der Waals surface area contributed by atoms with Crippen LogP contribution in [0.25, 0.3) is 22.4 Å². The predicted molar refractivity (Wildman–Crippen MR) is 125 cm³/mol. The summed E-state index contributed by atoms with van der Waals surface area (Å²) in [6, 6.07) is 5.99. The number of nitrogens with zero attached hydrogens (tertiary/aromatic N) is 4. The summed E-state index contributed by atoms with van der Waals surface area (Å²) < 4.78 is 0. The SMILES string of the molecule is CC(C)(C)NC1CCN(c2cnc(-c3ccc(-c4cn[nH]c4)cc3O)cn2)C1.Cl.Cl. The molecule has 0 spiro atoms. The number of H-pyrrole nitrogens is 1. The number of aromatic nitrogens is 4. The molecule has 1 aliphatic heterocycles. The van der Waals surface area contributed by atoms with E-state index in [2.05, 4.69) is 51.2 Å². The van der Waals surface area contributed by atoms with E-state index in [-0.39, 0.29) is 36.1 Å². The monoisotopic (exact) mass is 450 g/mol. The number of hydrogen-bond donors (Lipinski definition) is 3. The van der Waals surface area contributed by atoms with E-state index in [1.54, 1.807) is 30.9 Å². The van der Waals surface area contributed by atoms with Crippen LogP contribution >= 0.6 is 24.8 Å². The third kappa shape index (κ3) is 5.41. The number of benzene rings is 1. The maximum atomic E-state index is 10.5. The zero-order valence-electron chi connectivity index (χ0n) is 17.3. The molecule has 1 fully saturated rings. The fourth-order valence-corrected chi connectivity index (χ4v) is 3.66. The molecule has 7 nitrogen and oxygen atoms in total. The van der Waals surface area contributed by atoms with Crippen molar-refractivity contribution in [1.82, 2.24) is 25.5 Å². The molecule has 0 amide bonds. The van der Waals surface area contributed by atoms with Gasteiger partial charge in [0, 0.05) is 42.0 Å². The highest BCUT2D eigenvalue weighted by Crippen LogP contribution is 2.32. The van der Waals surface area contributed by atoms with Crippen molar-refractivity contribution in [3.63, 3.8) is 0 Å². The molecular weight excluding hydrogens is 423 g/mol. The molecule has 2 aromatic heterocycles. The summed E-state index contributed by atoms with van der Waals surface area (Å²) in [5.74, 6) is 1.05. The Balaban J connectivity index is 0.00000160. The van der Waals surface area contributed by atoms with Crippen LogP contribution < -0.4 is 10.2 Å². The van der Waals surface area contributed by atoms with Crippen LogP contribution in [-0.2, 0) is 0 Å². The molecule has 0 radical (unpaired) electrons. The standard InChI is InChI=1S/C21H26N6O.2ClH/c1-21(2,3)26-16-6-7-27(13-16)20-12-22-18(11-23-20)17-5-4-14(8-19(17)28)15-9-24-25-10-15;;/h4-5,8-12,16,26,28H,6-7,13H2,1-3H3,(H,24,25);2*1H. The van der Waals surface area contributed by atoms with Crippen molar-refractivity contribution < 1.29 is 5.11 Å². The fourth-order valence-electron chi connectivity index (χ4n) is 3.66. The quantitative estimate of drug-likeness (QED) is 0.555. The van der Waals surface area contributed by atoms with Crippen LogP contribution in [0.1, 0.15) is 27.2 Å². The number of hydrogen-bond acceptors (Lipinski definition) is 6. The van der Waals surface area contributed by atoms with E-state index in [0.29, 0.717) is 17.3 Å². The molecule has 1 saturated heterocycles. The summed E-state index contributed by atoms with van der Waals surface area (Å²) in [6.45, 7) is 8.46. The van der Waals surface area contributed by atoms with Gasteiger partial charge in [-0.2, -0.15) is 5.10 Å². The topological polar surface area (TPSA) is 90.0 Å². The second-order valence-electron chi connectivity index (χ2n) is 8.30. The second kappa shape index (κ2) is 9.64. The summed E-state index contributed by atoms with van der Waals surface area (Å²) in [6.07, 6.45) is 8.13. The van der Waals surface area contributed by atoms with Gasteiger partial charge in [0.25, 0.3) is 0 Å². The lowest BCUT2D eigenvalue weighted by Crippen LogP contribution is -2.44. The molecule has 1 aliphatic rings. The number of phenolic OH excluding ortho intramolecular Hbond substituents is 1. The number of anilines is 1. The maximum Gasteiger partial charge on any atom is 0.147 e. The molecular formula is C21H28Cl2N6O. The van der Waals surface area contributed by atoms with E-state index in [0.717, 1.165) is 36.5 Å². The molecule has 0 bridgehead atoms. The smallest absolute Gasteiger partial charge is 0.147 e. The van der Waals surface area contributed by atoms with E-state index < -0.39 is 0 Å². The number of phenols is 1. The maximum absolute atomic E-state index is 10.5. The van der Waals surface area contributed by atoms with E-state index in [1.807, 2.05) is 12.1 Å². The van der Waals surface area contributed by atoms with Gasteiger partial charge in [-0.05, 0) is 44.9 Å². The Hall–Kier alpha value is -2.35. The Bertz CT molecular complexity index is 941. The van der Waals surface area contributed by atoms with E-state index in [4.69, 9.17) is 0 Å². The Kier molecular flexibility index (Phi) is 7.69. The van der Waals surface area contributed by atoms with Gasteiger partial charge >= 0.3 is 0 Å². The molecule has 9 heteroatoms. The average molecular weight is 451 g/mol. The first-order chi connectivity index (χ1) is 13.4. The third-order valence-electron chi connectivity index (χ3n) is 4.89. The van der Waals surface area contributed by atoms with Gasteiger partial charge in [-0.15, -0.1) is 24.8 Å². The van der Waals surface area contributed by atoms with Crippen molar-refractivity contribution in [2.75, 3.05) is 18.0 Å². The van der Waals surface area contributed by atoms with Crippen molar-refractivity contribution in [3.8, 4) is 28.1 Å². The Labute approximate surface area is 189 Å². The van der Waals surface area contributed by atoms with Gasteiger partial charge in [-0.25, -0.2) is 4.98 Å². The number of nitrogens with one attached hydrogen (secondary N) is 2. The van der Waals surface area contributed by atoms with Crippen LogP contribution in [0.5, 0.6) is 5.75 Å². The van der Waals surface area contributed by atoms with Crippen LogP contribution in [0.3, 0.4) is 0 Å². The lowest BCUT2D eigenvalue weighted by Gasteiger charge is -2.26. The van der Waals surface area contributed by atoms with E-state index in [1.165, 1.54) is 0 Å². The molecule has 0 aliphatic carbocycles. The van der Waals surface area contributed by atoms with Crippen molar-refractivity contribution in [1.29, 1.82) is 0 Å². The molecule has 1 aromatic carbocycles. The van der Waals surface area contributed by atoms with Gasteiger partial charge in [-0.1, -0.05) is 6.07 Å². The van der Waals surface area contributed by atoms with Crippen LogP contribution in [0.15, 0.2) is 43.0 Å². The van der Waals surface area contributed by atoms with Crippen LogP contribution in [0.4, 0.5) is 5.82 Å². The van der Waals surface area contributed by atoms with Crippen LogP contribution in [-0.4, -0.2) is 49.9 Å².